The largest absolute Gasteiger partial charge is 0.311 e. The average Bonchev–Trinajstić information content (AvgIpc) is 2.89. The number of thioether (sulfide) groups is 1. The second-order valence-electron chi connectivity index (χ2n) is 6.62. The molecule has 0 N–H and O–H groups in total. The monoisotopic (exact) mass is 388 g/mol. The first kappa shape index (κ1) is 18.0. The van der Waals surface area contributed by atoms with Crippen molar-refractivity contribution in [3.8, 4) is 0 Å². The molecule has 0 aromatic heterocycles. The number of anilines is 2. The van der Waals surface area contributed by atoms with Crippen LogP contribution >= 0.6 is 11.8 Å². The van der Waals surface area contributed by atoms with Crippen molar-refractivity contribution in [3.05, 3.63) is 54.1 Å². The van der Waals surface area contributed by atoms with Crippen LogP contribution in [0.2, 0.25) is 0 Å². The van der Waals surface area contributed by atoms with E-state index in [2.05, 4.69) is 0 Å². The lowest BCUT2D eigenvalue weighted by Gasteiger charge is -2.25. The van der Waals surface area contributed by atoms with Crippen LogP contribution in [0.4, 0.5) is 20.2 Å². The third kappa shape index (κ3) is 3.43. The molecule has 1 atom stereocenters. The van der Waals surface area contributed by atoms with Gasteiger partial charge in [-0.2, -0.15) is 0 Å². The Hall–Kier alpha value is -2.41. The smallest absolute Gasteiger partial charge is 0.239 e. The molecule has 2 heterocycles. The Kier molecular flexibility index (Phi) is 4.86. The summed E-state index contributed by atoms with van der Waals surface area (Å²) in [5.74, 6) is -2.05. The highest BCUT2D eigenvalue weighted by Crippen LogP contribution is 2.36. The lowest BCUT2D eigenvalue weighted by atomic mass is 10.1. The van der Waals surface area contributed by atoms with Crippen molar-refractivity contribution < 1.29 is 18.4 Å². The minimum atomic E-state index is -0.826. The van der Waals surface area contributed by atoms with Gasteiger partial charge in [-0.15, -0.1) is 11.8 Å². The van der Waals surface area contributed by atoms with Crippen molar-refractivity contribution in [2.24, 2.45) is 5.92 Å². The summed E-state index contributed by atoms with van der Waals surface area (Å²) in [6.45, 7) is 0.823. The number of rotatable bonds is 2. The summed E-state index contributed by atoms with van der Waals surface area (Å²) in [5.41, 5.74) is 0.979. The van der Waals surface area contributed by atoms with Crippen LogP contribution in [-0.2, 0) is 9.59 Å². The Labute approximate surface area is 160 Å². The molecule has 0 saturated carbocycles. The number of nitrogens with zero attached hydrogens (tertiary/aromatic N) is 2. The lowest BCUT2D eigenvalue weighted by Crippen LogP contribution is -2.40. The van der Waals surface area contributed by atoms with Gasteiger partial charge in [0.1, 0.15) is 17.6 Å². The number of amides is 2. The van der Waals surface area contributed by atoms with Gasteiger partial charge in [0.05, 0.1) is 5.69 Å². The van der Waals surface area contributed by atoms with Crippen LogP contribution in [0.25, 0.3) is 0 Å². The van der Waals surface area contributed by atoms with Gasteiger partial charge in [-0.05, 0) is 42.9 Å². The van der Waals surface area contributed by atoms with Crippen LogP contribution in [0.5, 0.6) is 0 Å². The number of hydrogen-bond acceptors (Lipinski definition) is 3. The van der Waals surface area contributed by atoms with E-state index in [1.807, 2.05) is 24.3 Å². The first-order chi connectivity index (χ1) is 13.0. The van der Waals surface area contributed by atoms with Crippen LogP contribution in [0.15, 0.2) is 47.4 Å². The molecular weight excluding hydrogens is 370 g/mol. The Morgan fingerprint density at radius 2 is 1.81 bits per heavy atom. The number of halogens is 2. The fourth-order valence-corrected chi connectivity index (χ4v) is 4.60. The van der Waals surface area contributed by atoms with Gasteiger partial charge >= 0.3 is 0 Å². The van der Waals surface area contributed by atoms with Crippen molar-refractivity contribution in [2.45, 2.75) is 17.7 Å². The first-order valence-corrected chi connectivity index (χ1v) is 9.84. The first-order valence-electron chi connectivity index (χ1n) is 8.85. The van der Waals surface area contributed by atoms with Gasteiger partial charge in [-0.25, -0.2) is 8.78 Å². The molecule has 0 bridgehead atoms. The third-order valence-electron chi connectivity index (χ3n) is 4.87. The zero-order valence-electron chi connectivity index (χ0n) is 14.5. The second kappa shape index (κ2) is 7.31. The molecule has 4 rings (SSSR count). The van der Waals surface area contributed by atoms with E-state index in [4.69, 9.17) is 0 Å². The number of carbonyl (C=O) groups excluding carboxylic acids is 2. The van der Waals surface area contributed by atoms with E-state index >= 15 is 0 Å². The highest BCUT2D eigenvalue weighted by atomic mass is 32.2. The Balaban J connectivity index is 1.59. The summed E-state index contributed by atoms with van der Waals surface area (Å²) in [6, 6.07) is 10.7. The van der Waals surface area contributed by atoms with Crippen LogP contribution in [-0.4, -0.2) is 30.7 Å². The molecule has 1 unspecified atom stereocenters. The number of carbonyl (C=O) groups is 2. The highest BCUT2D eigenvalue weighted by Gasteiger charge is 2.40. The van der Waals surface area contributed by atoms with Crippen molar-refractivity contribution in [3.63, 3.8) is 0 Å². The van der Waals surface area contributed by atoms with E-state index in [1.165, 1.54) is 4.90 Å². The maximum Gasteiger partial charge on any atom is 0.239 e. The predicted molar refractivity (Wildman–Crippen MR) is 101 cm³/mol. The topological polar surface area (TPSA) is 40.6 Å². The number of fused-ring (bicyclic) bond motifs is 1. The van der Waals surface area contributed by atoms with Gasteiger partial charge in [0, 0.05) is 29.7 Å². The van der Waals surface area contributed by atoms with Crippen molar-refractivity contribution in [1.82, 2.24) is 0 Å². The summed E-state index contributed by atoms with van der Waals surface area (Å²) in [7, 11) is 0. The molecule has 7 heteroatoms. The van der Waals surface area contributed by atoms with E-state index < -0.39 is 23.5 Å². The summed E-state index contributed by atoms with van der Waals surface area (Å²) in [6.07, 6.45) is 1.17. The van der Waals surface area contributed by atoms with Gasteiger partial charge in [0.15, 0.2) is 0 Å². The van der Waals surface area contributed by atoms with Gasteiger partial charge in [0.25, 0.3) is 0 Å². The van der Waals surface area contributed by atoms with E-state index in [9.17, 15) is 18.4 Å². The van der Waals surface area contributed by atoms with Crippen LogP contribution in [0, 0.1) is 17.6 Å². The molecule has 2 amide bonds. The zero-order chi connectivity index (χ0) is 19.0. The van der Waals surface area contributed by atoms with Gasteiger partial charge < -0.3 is 9.80 Å². The number of benzene rings is 2. The summed E-state index contributed by atoms with van der Waals surface area (Å²) < 4.78 is 27.0. The van der Waals surface area contributed by atoms with E-state index in [0.717, 1.165) is 41.0 Å². The minimum absolute atomic E-state index is 0.152. The van der Waals surface area contributed by atoms with Gasteiger partial charge in [-0.3, -0.25) is 9.59 Å². The molecule has 140 valence electrons. The molecule has 0 radical (unpaired) electrons. The van der Waals surface area contributed by atoms with E-state index in [1.54, 1.807) is 16.7 Å². The fraction of sp³-hybridized carbons (Fsp3) is 0.300. The molecule has 1 fully saturated rings. The van der Waals surface area contributed by atoms with Crippen molar-refractivity contribution in [2.75, 3.05) is 28.6 Å². The summed E-state index contributed by atoms with van der Waals surface area (Å²) in [5, 5.41) is 0. The standard InChI is InChI=1S/C20H18F2N2O2S/c21-13-10-14(22)12-15(11-13)23-8-6-16(19(23)25)20(26)24-7-3-9-27-18-5-2-1-4-17(18)24/h1-2,4-5,10-12,16H,3,6-9H2. The second-order valence-corrected chi connectivity index (χ2v) is 7.76. The van der Waals surface area contributed by atoms with Gasteiger partial charge in [0.2, 0.25) is 11.8 Å². The normalized spacial score (nSPS) is 19.8. The zero-order valence-corrected chi connectivity index (χ0v) is 15.3. The third-order valence-corrected chi connectivity index (χ3v) is 6.02. The Morgan fingerprint density at radius 3 is 2.59 bits per heavy atom. The van der Waals surface area contributed by atoms with Crippen LogP contribution < -0.4 is 9.80 Å². The SMILES string of the molecule is O=C1C(C(=O)N2CCCSc3ccccc32)CCN1c1cc(F)cc(F)c1. The average molecular weight is 388 g/mol. The van der Waals surface area contributed by atoms with Crippen molar-refractivity contribution in [1.29, 1.82) is 0 Å². The van der Waals surface area contributed by atoms with Gasteiger partial charge in [-0.1, -0.05) is 12.1 Å². The molecule has 2 aliphatic heterocycles. The van der Waals surface area contributed by atoms with E-state index in [0.29, 0.717) is 13.0 Å². The highest BCUT2D eigenvalue weighted by molar-refractivity contribution is 7.99. The maximum absolute atomic E-state index is 13.5. The van der Waals surface area contributed by atoms with Crippen LogP contribution in [0.1, 0.15) is 12.8 Å². The summed E-state index contributed by atoms with van der Waals surface area (Å²) in [4.78, 5) is 30.0. The number of hydrogen-bond donors (Lipinski definition) is 0. The van der Waals surface area contributed by atoms with E-state index in [-0.39, 0.29) is 18.1 Å². The quantitative estimate of drug-likeness (QED) is 0.734. The lowest BCUT2D eigenvalue weighted by molar-refractivity contribution is -0.130. The molecule has 27 heavy (non-hydrogen) atoms. The fourth-order valence-electron chi connectivity index (χ4n) is 3.61. The molecular formula is C20H18F2N2O2S. The molecule has 2 aromatic carbocycles. The summed E-state index contributed by atoms with van der Waals surface area (Å²) >= 11 is 1.70. The molecule has 2 aromatic rings. The Bertz CT molecular complexity index is 885. The minimum Gasteiger partial charge on any atom is -0.311 e. The Morgan fingerprint density at radius 1 is 1.07 bits per heavy atom. The molecule has 0 aliphatic carbocycles. The molecule has 4 nitrogen and oxygen atoms in total. The molecule has 1 saturated heterocycles. The number of para-hydroxylation sites is 1. The predicted octanol–water partition coefficient (Wildman–Crippen LogP) is 3.85. The maximum atomic E-state index is 13.5. The van der Waals surface area contributed by atoms with Crippen molar-refractivity contribution >= 4 is 35.0 Å². The molecule has 0 spiro atoms. The molecule has 2 aliphatic rings. The van der Waals surface area contributed by atoms with Crippen LogP contribution in [0.3, 0.4) is 0 Å².